The molecule has 0 saturated carbocycles. The third-order valence-corrected chi connectivity index (χ3v) is 6.11. The average molecular weight is 380 g/mol. The minimum atomic E-state index is 0.0973. The van der Waals surface area contributed by atoms with Crippen molar-refractivity contribution in [2.75, 3.05) is 26.2 Å². The first-order valence-corrected chi connectivity index (χ1v) is 10.2. The first kappa shape index (κ1) is 18.7. The second-order valence-electron chi connectivity index (χ2n) is 7.86. The Hall–Kier alpha value is -2.63. The van der Waals surface area contributed by atoms with Gasteiger partial charge in [-0.05, 0) is 43.2 Å². The van der Waals surface area contributed by atoms with E-state index < -0.39 is 0 Å². The Bertz CT molecular complexity index is 860. The Kier molecular flexibility index (Phi) is 5.46. The molecule has 0 N–H and O–H groups in total. The highest BCUT2D eigenvalue weighted by molar-refractivity contribution is 5.78. The molecule has 0 bridgehead atoms. The summed E-state index contributed by atoms with van der Waals surface area (Å²) in [7, 11) is 0. The third kappa shape index (κ3) is 3.96. The lowest BCUT2D eigenvalue weighted by atomic mass is 9.97. The van der Waals surface area contributed by atoms with Crippen molar-refractivity contribution in [2.24, 2.45) is 0 Å². The fourth-order valence-electron chi connectivity index (χ4n) is 4.43. The van der Waals surface area contributed by atoms with Crippen LogP contribution in [0.15, 0.2) is 36.7 Å². The molecule has 6 nitrogen and oxygen atoms in total. The van der Waals surface area contributed by atoms with E-state index in [2.05, 4.69) is 29.2 Å². The number of rotatable bonds is 4. The van der Waals surface area contributed by atoms with E-state index in [9.17, 15) is 9.59 Å². The summed E-state index contributed by atoms with van der Waals surface area (Å²) in [5.74, 6) is 1.51. The summed E-state index contributed by atoms with van der Waals surface area (Å²) in [6.45, 7) is 4.90. The smallest absolute Gasteiger partial charge is 0.242 e. The Morgan fingerprint density at radius 1 is 1.07 bits per heavy atom. The van der Waals surface area contributed by atoms with Crippen LogP contribution in [-0.4, -0.2) is 57.3 Å². The van der Waals surface area contributed by atoms with Crippen molar-refractivity contribution in [2.45, 2.75) is 45.1 Å². The van der Waals surface area contributed by atoms with Crippen LogP contribution in [0.5, 0.6) is 0 Å². The second-order valence-corrected chi connectivity index (χ2v) is 7.86. The molecule has 2 aliphatic rings. The van der Waals surface area contributed by atoms with Crippen LogP contribution in [0.1, 0.15) is 42.1 Å². The summed E-state index contributed by atoms with van der Waals surface area (Å²) >= 11 is 0. The Morgan fingerprint density at radius 2 is 1.82 bits per heavy atom. The lowest BCUT2D eigenvalue weighted by Crippen LogP contribution is -2.39. The van der Waals surface area contributed by atoms with Gasteiger partial charge in [0.1, 0.15) is 12.4 Å². The van der Waals surface area contributed by atoms with E-state index in [1.807, 2.05) is 27.5 Å². The molecule has 4 rings (SSSR count). The molecule has 2 heterocycles. The molecule has 148 valence electrons. The molecule has 1 aromatic carbocycles. The number of nitrogens with zero attached hydrogens (tertiary/aromatic N) is 4. The lowest BCUT2D eigenvalue weighted by Gasteiger charge is -2.24. The molecule has 1 aliphatic heterocycles. The number of fused-ring (bicyclic) bond motifs is 1. The van der Waals surface area contributed by atoms with Crippen molar-refractivity contribution in [1.29, 1.82) is 0 Å². The molecular formula is C22H28N4O2. The van der Waals surface area contributed by atoms with E-state index in [1.165, 1.54) is 11.1 Å². The van der Waals surface area contributed by atoms with Gasteiger partial charge < -0.3 is 14.4 Å². The zero-order chi connectivity index (χ0) is 19.5. The van der Waals surface area contributed by atoms with E-state index in [4.69, 9.17) is 0 Å². The number of aryl methyl sites for hydroxylation is 2. The minimum Gasteiger partial charge on any atom is -0.341 e. The monoisotopic (exact) mass is 380 g/mol. The third-order valence-electron chi connectivity index (χ3n) is 6.11. The maximum Gasteiger partial charge on any atom is 0.242 e. The van der Waals surface area contributed by atoms with Gasteiger partial charge >= 0.3 is 0 Å². The van der Waals surface area contributed by atoms with Crippen molar-refractivity contribution >= 4 is 11.8 Å². The molecule has 28 heavy (non-hydrogen) atoms. The van der Waals surface area contributed by atoms with Gasteiger partial charge in [-0.25, -0.2) is 4.98 Å². The molecule has 1 atom stereocenters. The van der Waals surface area contributed by atoms with Gasteiger partial charge in [0.15, 0.2) is 0 Å². The maximum absolute atomic E-state index is 12.9. The molecule has 1 unspecified atom stereocenters. The number of imidazole rings is 1. The molecule has 6 heteroatoms. The fraction of sp³-hybridized carbons (Fsp3) is 0.500. The van der Waals surface area contributed by atoms with Crippen LogP contribution >= 0.6 is 0 Å². The van der Waals surface area contributed by atoms with E-state index in [0.717, 1.165) is 31.6 Å². The largest absolute Gasteiger partial charge is 0.341 e. The highest BCUT2D eigenvalue weighted by Gasteiger charge is 2.28. The first-order chi connectivity index (χ1) is 13.6. The number of carbonyl (C=O) groups is 2. The van der Waals surface area contributed by atoms with Gasteiger partial charge in [0.05, 0.1) is 0 Å². The van der Waals surface area contributed by atoms with Crippen LogP contribution < -0.4 is 0 Å². The zero-order valence-corrected chi connectivity index (χ0v) is 16.5. The fourth-order valence-corrected chi connectivity index (χ4v) is 4.43. The summed E-state index contributed by atoms with van der Waals surface area (Å²) < 4.78 is 1.87. The maximum atomic E-state index is 12.9. The predicted molar refractivity (Wildman–Crippen MR) is 107 cm³/mol. The topological polar surface area (TPSA) is 58.4 Å². The average Bonchev–Trinajstić information content (AvgIpc) is 3.19. The van der Waals surface area contributed by atoms with Gasteiger partial charge in [-0.2, -0.15) is 0 Å². The van der Waals surface area contributed by atoms with Crippen molar-refractivity contribution in [3.63, 3.8) is 0 Å². The summed E-state index contributed by atoms with van der Waals surface area (Å²) in [6, 6.07) is 8.49. The molecule has 1 saturated heterocycles. The number of benzene rings is 1. The molecule has 2 amide bonds. The van der Waals surface area contributed by atoms with Crippen molar-refractivity contribution in [3.8, 4) is 0 Å². The van der Waals surface area contributed by atoms with Crippen LogP contribution in [-0.2, 0) is 22.6 Å². The van der Waals surface area contributed by atoms with Crippen molar-refractivity contribution < 1.29 is 9.59 Å². The summed E-state index contributed by atoms with van der Waals surface area (Å²) in [5, 5.41) is 0. The highest BCUT2D eigenvalue weighted by atomic mass is 16.2. The number of carbonyl (C=O) groups excluding carboxylic acids is 2. The second kappa shape index (κ2) is 8.17. The van der Waals surface area contributed by atoms with Crippen LogP contribution in [0.25, 0.3) is 0 Å². The van der Waals surface area contributed by atoms with Crippen LogP contribution in [0.4, 0.5) is 0 Å². The Labute approximate surface area is 166 Å². The molecule has 1 aliphatic carbocycles. The van der Waals surface area contributed by atoms with Gasteiger partial charge in [0, 0.05) is 45.0 Å². The summed E-state index contributed by atoms with van der Waals surface area (Å²) in [6.07, 6.45) is 7.10. The molecule has 2 aromatic rings. The Morgan fingerprint density at radius 3 is 2.57 bits per heavy atom. The predicted octanol–water partition coefficient (Wildman–Crippen LogP) is 2.37. The van der Waals surface area contributed by atoms with Gasteiger partial charge in [-0.1, -0.05) is 24.3 Å². The van der Waals surface area contributed by atoms with Crippen molar-refractivity contribution in [1.82, 2.24) is 19.4 Å². The SMILES string of the molecule is Cc1nccn1CC(=O)N1CCCN(C(=O)CC2CCc3ccccc32)CC1. The van der Waals surface area contributed by atoms with Gasteiger partial charge in [-0.3, -0.25) is 9.59 Å². The van der Waals surface area contributed by atoms with Crippen LogP contribution in [0.3, 0.4) is 0 Å². The Balaban J connectivity index is 1.32. The van der Waals surface area contributed by atoms with Crippen LogP contribution in [0.2, 0.25) is 0 Å². The van der Waals surface area contributed by atoms with Gasteiger partial charge in [-0.15, -0.1) is 0 Å². The van der Waals surface area contributed by atoms with Crippen molar-refractivity contribution in [3.05, 3.63) is 53.6 Å². The molecule has 1 aromatic heterocycles. The highest BCUT2D eigenvalue weighted by Crippen LogP contribution is 2.35. The van der Waals surface area contributed by atoms with Gasteiger partial charge in [0.25, 0.3) is 0 Å². The lowest BCUT2D eigenvalue weighted by molar-refractivity contribution is -0.134. The van der Waals surface area contributed by atoms with Gasteiger partial charge in [0.2, 0.25) is 11.8 Å². The summed E-state index contributed by atoms with van der Waals surface area (Å²) in [4.78, 5) is 33.6. The minimum absolute atomic E-state index is 0.0973. The molecule has 0 spiro atoms. The number of amides is 2. The van der Waals surface area contributed by atoms with E-state index >= 15 is 0 Å². The van der Waals surface area contributed by atoms with E-state index in [0.29, 0.717) is 38.5 Å². The standard InChI is InChI=1S/C22H28N4O2/c1-17-23-9-12-26(17)16-22(28)25-11-4-10-24(13-14-25)21(27)15-19-8-7-18-5-2-3-6-20(18)19/h2-3,5-6,9,12,19H,4,7-8,10-11,13-16H2,1H3. The van der Waals surface area contributed by atoms with E-state index in [1.54, 1.807) is 6.20 Å². The number of hydrogen-bond acceptors (Lipinski definition) is 3. The molecule has 1 fully saturated rings. The van der Waals surface area contributed by atoms with Crippen LogP contribution in [0, 0.1) is 6.92 Å². The first-order valence-electron chi connectivity index (χ1n) is 10.2. The number of hydrogen-bond donors (Lipinski definition) is 0. The summed E-state index contributed by atoms with van der Waals surface area (Å²) in [5.41, 5.74) is 2.74. The zero-order valence-electron chi connectivity index (χ0n) is 16.5. The normalized spacial score (nSPS) is 19.4. The number of aromatic nitrogens is 2. The molecule has 0 radical (unpaired) electrons. The van der Waals surface area contributed by atoms with E-state index in [-0.39, 0.29) is 11.8 Å². The quantitative estimate of drug-likeness (QED) is 0.818. The molecular weight excluding hydrogens is 352 g/mol.